The normalized spacial score (nSPS) is 18.6. The molecule has 0 spiro atoms. The van der Waals surface area contributed by atoms with Crippen LogP contribution < -0.4 is 5.32 Å². The molecule has 10 nitrogen and oxygen atoms in total. The zero-order valence-corrected chi connectivity index (χ0v) is 27.2. The Morgan fingerprint density at radius 1 is 0.800 bits per heavy atom. The van der Waals surface area contributed by atoms with E-state index >= 15 is 0 Å². The summed E-state index contributed by atoms with van der Waals surface area (Å²) >= 11 is 0. The van der Waals surface area contributed by atoms with E-state index in [-0.39, 0.29) is 18.0 Å². The topological polar surface area (TPSA) is 117 Å². The third kappa shape index (κ3) is 8.04. The van der Waals surface area contributed by atoms with Gasteiger partial charge in [-0.05, 0) is 89.5 Å². The van der Waals surface area contributed by atoms with Gasteiger partial charge < -0.3 is 19.8 Å². The predicted octanol–water partition coefficient (Wildman–Crippen LogP) is 6.83. The number of H-pyrrole nitrogens is 1. The first kappa shape index (κ1) is 32.1. The van der Waals surface area contributed by atoms with Crippen LogP contribution in [0.5, 0.6) is 0 Å². The number of nitrogens with one attached hydrogen (secondary N) is 2. The Bertz CT molecular complexity index is 1500. The van der Waals surface area contributed by atoms with Crippen molar-refractivity contribution < 1.29 is 23.9 Å². The number of hydrogen-bond donors (Lipinski definition) is 2. The van der Waals surface area contributed by atoms with Gasteiger partial charge in [0.25, 0.3) is 0 Å². The van der Waals surface area contributed by atoms with Crippen molar-refractivity contribution in [3.8, 4) is 22.4 Å². The molecule has 2 aliphatic rings. The van der Waals surface area contributed by atoms with E-state index in [9.17, 15) is 14.4 Å². The zero-order valence-electron chi connectivity index (χ0n) is 27.2. The van der Waals surface area contributed by atoms with Crippen molar-refractivity contribution in [2.75, 3.05) is 13.1 Å². The molecular formula is C35H45N5O5. The molecule has 0 aliphatic carbocycles. The lowest BCUT2D eigenvalue weighted by Gasteiger charge is -2.28. The molecule has 1 aromatic heterocycles. The predicted molar refractivity (Wildman–Crippen MR) is 172 cm³/mol. The first-order valence-corrected chi connectivity index (χ1v) is 15.8. The fourth-order valence-corrected chi connectivity index (χ4v) is 5.79. The Morgan fingerprint density at radius 3 is 1.96 bits per heavy atom. The van der Waals surface area contributed by atoms with Crippen LogP contribution in [0.15, 0.2) is 54.7 Å². The molecule has 0 bridgehead atoms. The number of hydrogen-bond acceptors (Lipinski definition) is 6. The van der Waals surface area contributed by atoms with E-state index in [2.05, 4.69) is 39.6 Å². The Labute approximate surface area is 265 Å². The highest BCUT2D eigenvalue weighted by atomic mass is 16.6. The Kier molecular flexibility index (Phi) is 9.23. The molecule has 2 aliphatic heterocycles. The zero-order chi connectivity index (χ0) is 32.4. The van der Waals surface area contributed by atoms with Crippen LogP contribution in [0.4, 0.5) is 9.59 Å². The van der Waals surface area contributed by atoms with E-state index < -0.39 is 23.3 Å². The summed E-state index contributed by atoms with van der Waals surface area (Å²) in [6, 6.07) is 15.7. The number of rotatable bonds is 6. The lowest BCUT2D eigenvalue weighted by atomic mass is 10.0. The number of amides is 3. The summed E-state index contributed by atoms with van der Waals surface area (Å²) in [6.07, 6.45) is 4.23. The Balaban J connectivity index is 1.17. The number of carbonyl (C=O) groups excluding carboxylic acids is 3. The van der Waals surface area contributed by atoms with E-state index in [1.807, 2.05) is 72.0 Å². The summed E-state index contributed by atoms with van der Waals surface area (Å²) in [7, 11) is 0. The maximum atomic E-state index is 12.9. The van der Waals surface area contributed by atoms with Crippen molar-refractivity contribution in [1.82, 2.24) is 25.1 Å². The molecule has 2 N–H and O–H groups in total. The molecule has 2 aromatic carbocycles. The van der Waals surface area contributed by atoms with Crippen LogP contribution in [0.3, 0.4) is 0 Å². The van der Waals surface area contributed by atoms with E-state index in [0.29, 0.717) is 26.1 Å². The third-order valence-electron chi connectivity index (χ3n) is 7.93. The molecule has 5 rings (SSSR count). The molecule has 45 heavy (non-hydrogen) atoms. The highest BCUT2D eigenvalue weighted by molar-refractivity contribution is 5.86. The first-order chi connectivity index (χ1) is 21.3. The fraction of sp³-hybridized carbons (Fsp3) is 0.486. The number of nitrogens with zero attached hydrogens (tertiary/aromatic N) is 3. The quantitative estimate of drug-likeness (QED) is 0.314. The number of likely N-dealkylation sites (tertiary alicyclic amines) is 2. The van der Waals surface area contributed by atoms with Crippen molar-refractivity contribution in [2.24, 2.45) is 0 Å². The van der Waals surface area contributed by atoms with Crippen LogP contribution >= 0.6 is 0 Å². The SMILES string of the molecule is CC(C)(C)OC(=O)N1CCC[C@@H]1C(=O)NCc1ccc(-c2ccc(-c3cnc([C@@H]4CCCN4C(=O)OC(C)(C)C)[nH]3)cc2)cc1. The molecule has 2 fully saturated rings. The summed E-state index contributed by atoms with van der Waals surface area (Å²) in [5.41, 5.74) is 3.86. The van der Waals surface area contributed by atoms with Crippen LogP contribution in [-0.2, 0) is 20.8 Å². The molecule has 3 heterocycles. The number of ether oxygens (including phenoxy) is 2. The smallest absolute Gasteiger partial charge is 0.410 e. The maximum Gasteiger partial charge on any atom is 0.410 e. The number of benzene rings is 2. The highest BCUT2D eigenvalue weighted by Crippen LogP contribution is 2.33. The van der Waals surface area contributed by atoms with Crippen molar-refractivity contribution >= 4 is 18.1 Å². The second-order valence-electron chi connectivity index (χ2n) is 13.8. The van der Waals surface area contributed by atoms with Crippen LogP contribution in [0, 0.1) is 0 Å². The molecule has 240 valence electrons. The van der Waals surface area contributed by atoms with Crippen LogP contribution in [0.1, 0.15) is 84.7 Å². The summed E-state index contributed by atoms with van der Waals surface area (Å²) in [5, 5.41) is 2.99. The average molecular weight is 616 g/mol. The molecule has 2 atom stereocenters. The first-order valence-electron chi connectivity index (χ1n) is 15.8. The van der Waals surface area contributed by atoms with E-state index in [4.69, 9.17) is 9.47 Å². The molecule has 0 unspecified atom stereocenters. The highest BCUT2D eigenvalue weighted by Gasteiger charge is 2.37. The minimum absolute atomic E-state index is 0.127. The van der Waals surface area contributed by atoms with Crippen LogP contribution in [0.2, 0.25) is 0 Å². The standard InChI is InChI=1S/C35H45N5O5/c1-34(2,3)44-32(42)39-19-7-9-28(39)30-36-22-27(38-30)26-17-15-25(16-18-26)24-13-11-23(12-14-24)21-37-31(41)29-10-8-20-40(29)33(43)45-35(4,5)6/h11-18,22,28-29H,7-10,19-21H2,1-6H3,(H,36,38)(H,37,41)/t28-,29+/m0/s1. The molecular weight excluding hydrogens is 570 g/mol. The number of aromatic amines is 1. The molecule has 2 saturated heterocycles. The summed E-state index contributed by atoms with van der Waals surface area (Å²) in [6.45, 7) is 12.7. The fourth-order valence-electron chi connectivity index (χ4n) is 5.79. The monoisotopic (exact) mass is 615 g/mol. The molecule has 0 saturated carbocycles. The summed E-state index contributed by atoms with van der Waals surface area (Å²) in [5.74, 6) is 0.607. The van der Waals surface area contributed by atoms with Gasteiger partial charge in [-0.2, -0.15) is 0 Å². The van der Waals surface area contributed by atoms with E-state index in [1.165, 1.54) is 4.90 Å². The molecule has 0 radical (unpaired) electrons. The van der Waals surface area contributed by atoms with E-state index in [0.717, 1.165) is 53.0 Å². The van der Waals surface area contributed by atoms with Gasteiger partial charge in [-0.3, -0.25) is 14.6 Å². The largest absolute Gasteiger partial charge is 0.444 e. The molecule has 3 aromatic rings. The summed E-state index contributed by atoms with van der Waals surface area (Å²) < 4.78 is 11.1. The minimum atomic E-state index is -0.604. The second-order valence-corrected chi connectivity index (χ2v) is 13.8. The minimum Gasteiger partial charge on any atom is -0.444 e. The van der Waals surface area contributed by atoms with Gasteiger partial charge in [0.05, 0.1) is 17.9 Å². The van der Waals surface area contributed by atoms with Gasteiger partial charge in [-0.1, -0.05) is 48.5 Å². The van der Waals surface area contributed by atoms with Crippen LogP contribution in [-0.4, -0.2) is 68.2 Å². The van der Waals surface area contributed by atoms with Crippen molar-refractivity contribution in [2.45, 2.75) is 97.1 Å². The van der Waals surface area contributed by atoms with Gasteiger partial charge in [0, 0.05) is 19.6 Å². The Morgan fingerprint density at radius 2 is 1.33 bits per heavy atom. The van der Waals surface area contributed by atoms with Gasteiger partial charge in [0.1, 0.15) is 23.1 Å². The molecule has 10 heteroatoms. The molecule has 3 amide bonds. The van der Waals surface area contributed by atoms with Crippen molar-refractivity contribution in [3.63, 3.8) is 0 Å². The van der Waals surface area contributed by atoms with Crippen molar-refractivity contribution in [1.29, 1.82) is 0 Å². The maximum absolute atomic E-state index is 12.9. The average Bonchev–Trinajstić information content (AvgIpc) is 3.75. The van der Waals surface area contributed by atoms with Crippen LogP contribution in [0.25, 0.3) is 22.4 Å². The number of aromatic nitrogens is 2. The van der Waals surface area contributed by atoms with Gasteiger partial charge in [-0.15, -0.1) is 0 Å². The van der Waals surface area contributed by atoms with Gasteiger partial charge in [0.15, 0.2) is 0 Å². The summed E-state index contributed by atoms with van der Waals surface area (Å²) in [4.78, 5) is 49.5. The van der Waals surface area contributed by atoms with Gasteiger partial charge in [0.2, 0.25) is 5.91 Å². The Hall–Kier alpha value is -4.34. The second kappa shape index (κ2) is 12.9. The van der Waals surface area contributed by atoms with E-state index in [1.54, 1.807) is 4.90 Å². The number of carbonyl (C=O) groups is 3. The third-order valence-corrected chi connectivity index (χ3v) is 7.93. The van der Waals surface area contributed by atoms with Crippen molar-refractivity contribution in [3.05, 3.63) is 66.1 Å². The lowest BCUT2D eigenvalue weighted by Crippen LogP contribution is -2.47. The lowest BCUT2D eigenvalue weighted by molar-refractivity contribution is -0.125. The van der Waals surface area contributed by atoms with Gasteiger partial charge >= 0.3 is 12.2 Å². The van der Waals surface area contributed by atoms with Gasteiger partial charge in [-0.25, -0.2) is 14.6 Å². The number of imidazole rings is 1.